The molecule has 0 spiro atoms. The van der Waals surface area contributed by atoms with Gasteiger partial charge in [-0.05, 0) is 26.9 Å². The average Bonchev–Trinajstić information content (AvgIpc) is 2.26. The summed E-state index contributed by atoms with van der Waals surface area (Å²) in [5.41, 5.74) is 0. The van der Waals surface area contributed by atoms with E-state index in [1.54, 1.807) is 7.11 Å². The van der Waals surface area contributed by atoms with Gasteiger partial charge in [-0.3, -0.25) is 4.79 Å². The van der Waals surface area contributed by atoms with Crippen LogP contribution in [0.3, 0.4) is 0 Å². The normalized spacial score (nSPS) is 14.7. The van der Waals surface area contributed by atoms with Crippen LogP contribution >= 0.6 is 0 Å². The lowest BCUT2D eigenvalue weighted by Gasteiger charge is -2.21. The molecule has 0 aliphatic rings. The number of rotatable bonds is 11. The van der Waals surface area contributed by atoms with Crippen molar-refractivity contribution in [2.24, 2.45) is 0 Å². The zero-order valence-corrected chi connectivity index (χ0v) is 11.5. The van der Waals surface area contributed by atoms with E-state index in [0.29, 0.717) is 26.1 Å². The molecule has 0 heterocycles. The van der Waals surface area contributed by atoms with Gasteiger partial charge in [0.05, 0.1) is 25.4 Å². The van der Waals surface area contributed by atoms with Crippen molar-refractivity contribution in [3.05, 3.63) is 0 Å². The van der Waals surface area contributed by atoms with E-state index in [1.165, 1.54) is 0 Å². The standard InChI is InChI=1S/C12H25NO5/c1-10(8-17-3)18-9-11(14)7-13(2)6-4-5-12(15)16/h10-11,14H,4-9H2,1-3H3,(H,15,16). The zero-order valence-electron chi connectivity index (χ0n) is 11.5. The number of carboxylic acid groups (broad SMARTS) is 1. The second-order valence-corrected chi connectivity index (χ2v) is 4.51. The van der Waals surface area contributed by atoms with Crippen molar-refractivity contribution in [3.8, 4) is 0 Å². The Morgan fingerprint density at radius 1 is 1.39 bits per heavy atom. The first-order valence-corrected chi connectivity index (χ1v) is 6.14. The summed E-state index contributed by atoms with van der Waals surface area (Å²) in [5, 5.41) is 18.2. The van der Waals surface area contributed by atoms with E-state index >= 15 is 0 Å². The average molecular weight is 263 g/mol. The van der Waals surface area contributed by atoms with E-state index in [9.17, 15) is 9.90 Å². The SMILES string of the molecule is COCC(C)OCC(O)CN(C)CCCC(=O)O. The summed E-state index contributed by atoms with van der Waals surface area (Å²) < 4.78 is 10.3. The number of hydrogen-bond acceptors (Lipinski definition) is 5. The number of likely N-dealkylation sites (N-methyl/N-ethyl adjacent to an activating group) is 1. The molecule has 0 fully saturated rings. The second kappa shape index (κ2) is 10.3. The molecule has 0 aromatic heterocycles. The third-order valence-corrected chi connectivity index (χ3v) is 2.43. The Morgan fingerprint density at radius 2 is 2.06 bits per heavy atom. The molecule has 0 amide bonds. The molecule has 6 heteroatoms. The van der Waals surface area contributed by atoms with Gasteiger partial charge >= 0.3 is 5.97 Å². The molecule has 0 aromatic carbocycles. The Balaban J connectivity index is 3.60. The number of aliphatic carboxylic acids is 1. The zero-order chi connectivity index (χ0) is 14.0. The maximum absolute atomic E-state index is 10.3. The minimum Gasteiger partial charge on any atom is -0.481 e. The maximum Gasteiger partial charge on any atom is 0.303 e. The first kappa shape index (κ1) is 17.3. The van der Waals surface area contributed by atoms with Gasteiger partial charge in [-0.2, -0.15) is 0 Å². The van der Waals surface area contributed by atoms with Crippen LogP contribution < -0.4 is 0 Å². The van der Waals surface area contributed by atoms with Crippen molar-refractivity contribution in [1.29, 1.82) is 0 Å². The molecule has 0 saturated carbocycles. The lowest BCUT2D eigenvalue weighted by molar-refractivity contribution is -0.137. The molecule has 2 N–H and O–H groups in total. The summed E-state index contributed by atoms with van der Waals surface area (Å²) >= 11 is 0. The van der Waals surface area contributed by atoms with Crippen LogP contribution in [0.25, 0.3) is 0 Å². The molecule has 0 radical (unpaired) electrons. The van der Waals surface area contributed by atoms with E-state index in [1.807, 2.05) is 18.9 Å². The molecule has 2 unspecified atom stereocenters. The van der Waals surface area contributed by atoms with Gasteiger partial charge in [0.25, 0.3) is 0 Å². The highest BCUT2D eigenvalue weighted by Crippen LogP contribution is 1.98. The van der Waals surface area contributed by atoms with Crippen LogP contribution in [0.1, 0.15) is 19.8 Å². The Morgan fingerprint density at radius 3 is 2.61 bits per heavy atom. The van der Waals surface area contributed by atoms with Crippen molar-refractivity contribution in [3.63, 3.8) is 0 Å². The van der Waals surface area contributed by atoms with Crippen molar-refractivity contribution >= 4 is 5.97 Å². The van der Waals surface area contributed by atoms with E-state index in [4.69, 9.17) is 14.6 Å². The molecule has 0 saturated heterocycles. The van der Waals surface area contributed by atoms with E-state index < -0.39 is 12.1 Å². The third-order valence-electron chi connectivity index (χ3n) is 2.43. The second-order valence-electron chi connectivity index (χ2n) is 4.51. The van der Waals surface area contributed by atoms with E-state index in [2.05, 4.69) is 0 Å². The molecular formula is C12H25NO5. The molecule has 108 valence electrons. The fraction of sp³-hybridized carbons (Fsp3) is 0.917. The maximum atomic E-state index is 10.3. The molecule has 6 nitrogen and oxygen atoms in total. The first-order valence-electron chi connectivity index (χ1n) is 6.14. The fourth-order valence-electron chi connectivity index (χ4n) is 1.56. The summed E-state index contributed by atoms with van der Waals surface area (Å²) in [6.07, 6.45) is 0.127. The number of methoxy groups -OCH3 is 1. The molecule has 0 aliphatic heterocycles. The molecule has 0 bridgehead atoms. The summed E-state index contributed by atoms with van der Waals surface area (Å²) in [7, 11) is 3.45. The predicted octanol–water partition coefficient (Wildman–Crippen LogP) is 0.195. The third kappa shape index (κ3) is 10.5. The number of carboxylic acids is 1. The largest absolute Gasteiger partial charge is 0.481 e. The van der Waals surface area contributed by atoms with Crippen molar-refractivity contribution < 1.29 is 24.5 Å². The quantitative estimate of drug-likeness (QED) is 0.554. The number of nitrogens with zero attached hydrogens (tertiary/aromatic N) is 1. The highest BCUT2D eigenvalue weighted by molar-refractivity contribution is 5.66. The number of aliphatic hydroxyl groups excluding tert-OH is 1. The fourth-order valence-corrected chi connectivity index (χ4v) is 1.56. The molecule has 2 atom stereocenters. The smallest absolute Gasteiger partial charge is 0.303 e. The van der Waals surface area contributed by atoms with Crippen molar-refractivity contribution in [1.82, 2.24) is 4.90 Å². The van der Waals surface area contributed by atoms with Gasteiger partial charge < -0.3 is 24.6 Å². The topological polar surface area (TPSA) is 79.2 Å². The van der Waals surface area contributed by atoms with Crippen molar-refractivity contribution in [2.75, 3.05) is 40.5 Å². The summed E-state index contributed by atoms with van der Waals surface area (Å²) in [4.78, 5) is 12.2. The van der Waals surface area contributed by atoms with E-state index in [-0.39, 0.29) is 19.1 Å². The Kier molecular flexibility index (Phi) is 9.86. The molecule has 0 aromatic rings. The lowest BCUT2D eigenvalue weighted by Crippen LogP contribution is -2.34. The van der Waals surface area contributed by atoms with Crippen LogP contribution in [0.5, 0.6) is 0 Å². The summed E-state index contributed by atoms with van der Waals surface area (Å²) in [6.45, 7) is 3.76. The van der Waals surface area contributed by atoms with Crippen LogP contribution in [0.2, 0.25) is 0 Å². The highest BCUT2D eigenvalue weighted by atomic mass is 16.5. The minimum absolute atomic E-state index is 0.0398. The molecule has 0 aliphatic carbocycles. The van der Waals surface area contributed by atoms with Crippen LogP contribution in [-0.4, -0.2) is 73.8 Å². The summed E-state index contributed by atoms with van der Waals surface area (Å²) in [6, 6.07) is 0. The first-order chi connectivity index (χ1) is 8.45. The van der Waals surface area contributed by atoms with Crippen LogP contribution in [0.4, 0.5) is 0 Å². The predicted molar refractivity (Wildman–Crippen MR) is 67.7 cm³/mol. The number of ether oxygens (including phenoxy) is 2. The molecule has 0 rings (SSSR count). The van der Waals surface area contributed by atoms with Crippen LogP contribution in [0, 0.1) is 0 Å². The van der Waals surface area contributed by atoms with Gasteiger partial charge in [0.2, 0.25) is 0 Å². The van der Waals surface area contributed by atoms with Gasteiger partial charge in [-0.25, -0.2) is 0 Å². The van der Waals surface area contributed by atoms with Gasteiger partial charge in [-0.1, -0.05) is 0 Å². The molecular weight excluding hydrogens is 238 g/mol. The number of carbonyl (C=O) groups is 1. The van der Waals surface area contributed by atoms with Crippen molar-refractivity contribution in [2.45, 2.75) is 32.0 Å². The van der Waals surface area contributed by atoms with Crippen LogP contribution in [-0.2, 0) is 14.3 Å². The van der Waals surface area contributed by atoms with Crippen LogP contribution in [0.15, 0.2) is 0 Å². The van der Waals surface area contributed by atoms with Gasteiger partial charge in [-0.15, -0.1) is 0 Å². The van der Waals surface area contributed by atoms with Gasteiger partial charge in [0, 0.05) is 20.1 Å². The monoisotopic (exact) mass is 263 g/mol. The van der Waals surface area contributed by atoms with Gasteiger partial charge in [0.1, 0.15) is 0 Å². The Labute approximate surface area is 108 Å². The number of aliphatic hydroxyl groups is 1. The Hall–Kier alpha value is -0.690. The highest BCUT2D eigenvalue weighted by Gasteiger charge is 2.11. The lowest BCUT2D eigenvalue weighted by atomic mass is 10.3. The summed E-state index contributed by atoms with van der Waals surface area (Å²) in [5.74, 6) is -0.791. The van der Waals surface area contributed by atoms with Gasteiger partial charge in [0.15, 0.2) is 0 Å². The minimum atomic E-state index is -0.791. The number of hydrogen-bond donors (Lipinski definition) is 2. The van der Waals surface area contributed by atoms with E-state index in [0.717, 1.165) is 0 Å². The molecule has 18 heavy (non-hydrogen) atoms. The Bertz CT molecular complexity index is 225.